The Hall–Kier alpha value is 0.534. The van der Waals surface area contributed by atoms with Gasteiger partial charge in [0, 0.05) is 8.07 Å². The monoisotopic (exact) mass is 312 g/mol. The average Bonchev–Trinajstić information content (AvgIpc) is 2.69. The van der Waals surface area contributed by atoms with E-state index in [1.54, 1.807) is 11.3 Å². The Morgan fingerprint density at radius 1 is 1.26 bits per heavy atom. The Balaban J connectivity index is 0.00000324. The summed E-state index contributed by atoms with van der Waals surface area (Å²) in [6.07, 6.45) is 0. The van der Waals surface area contributed by atoms with Gasteiger partial charge in [0.15, 0.2) is 0 Å². The van der Waals surface area contributed by atoms with Gasteiger partial charge in [-0.05, 0) is 13.8 Å². The van der Waals surface area contributed by atoms with Crippen LogP contribution in [0, 0.1) is 5.28 Å². The predicted octanol–water partition coefficient (Wildman–Crippen LogP) is 1.78. The molecule has 1 heterocycles. The molecule has 0 saturated carbocycles. The van der Waals surface area contributed by atoms with E-state index in [9.17, 15) is 4.57 Å². The summed E-state index contributed by atoms with van der Waals surface area (Å²) in [5, 5.41) is 4.93. The van der Waals surface area contributed by atoms with Gasteiger partial charge in [-0.15, -0.1) is 5.38 Å². The van der Waals surface area contributed by atoms with E-state index in [0.717, 1.165) is 10.8 Å². The normalized spacial score (nSPS) is 12.1. The van der Waals surface area contributed by atoms with E-state index >= 15 is 0 Å². The van der Waals surface area contributed by atoms with Crippen molar-refractivity contribution in [3.8, 4) is 0 Å². The van der Waals surface area contributed by atoms with Crippen LogP contribution >= 0.6 is 18.9 Å². The average molecular weight is 312 g/mol. The van der Waals surface area contributed by atoms with Gasteiger partial charge < -0.3 is 9.05 Å². The number of hydrogen-bond donors (Lipinski definition) is 0. The molecule has 1 aromatic heterocycles. The Kier molecular flexibility index (Phi) is 8.32. The van der Waals surface area contributed by atoms with E-state index in [1.165, 1.54) is 0 Å². The molecule has 0 radical (unpaired) electrons. The van der Waals surface area contributed by atoms with Crippen molar-refractivity contribution in [2.75, 3.05) is 13.2 Å². The molecule has 3 nitrogen and oxygen atoms in total. The maximum Gasteiger partial charge on any atom is 1.00 e. The van der Waals surface area contributed by atoms with Crippen molar-refractivity contribution in [3.05, 3.63) is 27.7 Å². The van der Waals surface area contributed by atoms with Crippen LogP contribution in [0.25, 0.3) is 0 Å². The van der Waals surface area contributed by atoms with Crippen LogP contribution < -0.4 is 18.9 Å². The zero-order valence-electron chi connectivity index (χ0n) is 12.7. The smallest absolute Gasteiger partial charge is 0.314 e. The van der Waals surface area contributed by atoms with Crippen molar-refractivity contribution in [2.24, 2.45) is 0 Å². The van der Waals surface area contributed by atoms with Gasteiger partial charge in [0.05, 0.1) is 13.2 Å². The molecule has 0 aliphatic rings. The molecule has 0 saturated heterocycles. The van der Waals surface area contributed by atoms with Crippen LogP contribution in [-0.4, -0.2) is 21.3 Å². The Labute approximate surface area is 133 Å². The SMILES string of the molecule is CCOP(=O)(OCC)[C-](c1ccsc1)[Si](C)(C)C.[Li+]. The molecular weight excluding hydrogens is 290 g/mol. The summed E-state index contributed by atoms with van der Waals surface area (Å²) in [7, 11) is -4.95. The van der Waals surface area contributed by atoms with Gasteiger partial charge in [-0.1, -0.05) is 30.3 Å². The van der Waals surface area contributed by atoms with Gasteiger partial charge >= 0.3 is 26.5 Å². The van der Waals surface area contributed by atoms with E-state index in [1.807, 2.05) is 30.7 Å². The second kappa shape index (κ2) is 8.09. The molecule has 0 fully saturated rings. The van der Waals surface area contributed by atoms with E-state index in [4.69, 9.17) is 9.05 Å². The molecule has 1 aromatic rings. The van der Waals surface area contributed by atoms with Crippen molar-refractivity contribution < 1.29 is 32.5 Å². The first-order chi connectivity index (χ1) is 8.35. The number of thiophene rings is 1. The molecule has 0 spiro atoms. The van der Waals surface area contributed by atoms with Gasteiger partial charge in [-0.3, -0.25) is 4.57 Å². The van der Waals surface area contributed by atoms with Crippen molar-refractivity contribution >= 4 is 27.0 Å². The first kappa shape index (κ1) is 19.5. The maximum atomic E-state index is 13.0. The van der Waals surface area contributed by atoms with Crippen molar-refractivity contribution in [1.29, 1.82) is 0 Å². The topological polar surface area (TPSA) is 35.5 Å². The minimum Gasteiger partial charge on any atom is -0.314 e. The third-order valence-corrected chi connectivity index (χ3v) is 9.61. The van der Waals surface area contributed by atoms with Crippen molar-refractivity contribution in [2.45, 2.75) is 33.5 Å². The molecule has 0 aliphatic carbocycles. The molecule has 104 valence electrons. The molecule has 0 N–H and O–H groups in total. The van der Waals surface area contributed by atoms with E-state index in [0.29, 0.717) is 13.2 Å². The molecule has 1 rings (SSSR count). The zero-order chi connectivity index (χ0) is 13.8. The summed E-state index contributed by atoms with van der Waals surface area (Å²) >= 11 is 1.61. The molecule has 0 aromatic carbocycles. The Morgan fingerprint density at radius 2 is 1.79 bits per heavy atom. The second-order valence-electron chi connectivity index (χ2n) is 4.94. The quantitative estimate of drug-likeness (QED) is 0.437. The summed E-state index contributed by atoms with van der Waals surface area (Å²) in [4.78, 5) is 0. The summed E-state index contributed by atoms with van der Waals surface area (Å²) in [6.45, 7) is 11.0. The van der Waals surface area contributed by atoms with Crippen LogP contribution in [0.4, 0.5) is 0 Å². The number of rotatable bonds is 7. The van der Waals surface area contributed by atoms with Gasteiger partial charge in [-0.25, -0.2) is 11.3 Å². The molecule has 0 unspecified atom stereocenters. The van der Waals surface area contributed by atoms with Crippen LogP contribution in [0.15, 0.2) is 16.8 Å². The molecule has 0 atom stereocenters. The van der Waals surface area contributed by atoms with Crippen LogP contribution in [0.3, 0.4) is 0 Å². The van der Waals surface area contributed by atoms with Crippen LogP contribution in [0.1, 0.15) is 19.4 Å². The molecule has 0 aliphatic heterocycles. The Bertz CT molecular complexity index is 396. The third-order valence-electron chi connectivity index (χ3n) is 2.38. The van der Waals surface area contributed by atoms with Crippen molar-refractivity contribution in [1.82, 2.24) is 0 Å². The van der Waals surface area contributed by atoms with Crippen LogP contribution in [0.5, 0.6) is 0 Å². The molecule has 0 bridgehead atoms. The minimum absolute atomic E-state index is 0. The first-order valence-electron chi connectivity index (χ1n) is 6.14. The molecule has 19 heavy (non-hydrogen) atoms. The van der Waals surface area contributed by atoms with Crippen LogP contribution in [0.2, 0.25) is 19.6 Å². The fourth-order valence-electron chi connectivity index (χ4n) is 1.91. The molecular formula is C12H22LiO3PSSi. The van der Waals surface area contributed by atoms with E-state index in [2.05, 4.69) is 19.6 Å². The summed E-state index contributed by atoms with van der Waals surface area (Å²) in [5.74, 6) is 0. The number of hydrogen-bond acceptors (Lipinski definition) is 4. The molecule has 7 heteroatoms. The predicted molar refractivity (Wildman–Crippen MR) is 80.9 cm³/mol. The zero-order valence-corrected chi connectivity index (χ0v) is 15.4. The van der Waals surface area contributed by atoms with Gasteiger partial charge in [0.2, 0.25) is 0 Å². The fourth-order valence-corrected chi connectivity index (χ4v) is 8.91. The minimum atomic E-state index is -3.15. The maximum absolute atomic E-state index is 13.0. The fraction of sp³-hybridized carbons (Fsp3) is 0.583. The molecule has 0 amide bonds. The second-order valence-corrected chi connectivity index (χ2v) is 13.1. The van der Waals surface area contributed by atoms with Gasteiger partial charge in [0.25, 0.3) is 0 Å². The first-order valence-corrected chi connectivity index (χ1v) is 12.1. The largest absolute Gasteiger partial charge is 1.00 e. The Morgan fingerprint density at radius 3 is 2.11 bits per heavy atom. The third kappa shape index (κ3) is 5.10. The summed E-state index contributed by atoms with van der Waals surface area (Å²) in [5.41, 5.74) is 1.02. The van der Waals surface area contributed by atoms with Crippen molar-refractivity contribution in [3.63, 3.8) is 0 Å². The standard InChI is InChI=1S/C12H22O3PSSi.Li/c1-6-14-16(13,15-7-2)12(18(3,4)5)11-8-9-17-10-11;/h8-10H,6-7H2,1-5H3;/q-1;+1. The van der Waals surface area contributed by atoms with Gasteiger partial charge in [-0.2, -0.15) is 11.6 Å². The summed E-state index contributed by atoms with van der Waals surface area (Å²) < 4.78 is 24.1. The van der Waals surface area contributed by atoms with E-state index in [-0.39, 0.29) is 18.9 Å². The van der Waals surface area contributed by atoms with Crippen LogP contribution in [-0.2, 0) is 13.6 Å². The summed E-state index contributed by atoms with van der Waals surface area (Å²) in [6, 6.07) is 2.00. The van der Waals surface area contributed by atoms with Gasteiger partial charge in [0.1, 0.15) is 0 Å². The van der Waals surface area contributed by atoms with E-state index < -0.39 is 15.7 Å².